The summed E-state index contributed by atoms with van der Waals surface area (Å²) >= 11 is 0. The fourth-order valence-corrected chi connectivity index (χ4v) is 3.79. The van der Waals surface area contributed by atoms with E-state index in [0.717, 1.165) is 18.4 Å². The Morgan fingerprint density at radius 3 is 2.77 bits per heavy atom. The van der Waals surface area contributed by atoms with E-state index >= 15 is 0 Å². The van der Waals surface area contributed by atoms with E-state index in [9.17, 15) is 14.4 Å². The summed E-state index contributed by atoms with van der Waals surface area (Å²) in [5.41, 5.74) is 2.35. The van der Waals surface area contributed by atoms with Crippen LogP contribution in [0.1, 0.15) is 57.4 Å². The number of carbonyl (C=O) groups is 3. The molecule has 0 aliphatic carbocycles. The van der Waals surface area contributed by atoms with E-state index in [0.29, 0.717) is 36.6 Å². The number of esters is 1. The van der Waals surface area contributed by atoms with Crippen LogP contribution in [0.5, 0.6) is 0 Å². The molecule has 0 saturated carbocycles. The van der Waals surface area contributed by atoms with Crippen LogP contribution in [0.4, 0.5) is 0 Å². The number of methoxy groups -OCH3 is 1. The summed E-state index contributed by atoms with van der Waals surface area (Å²) in [7, 11) is 1.28. The SMILES string of the molecule is COC(=O)c1c(CC(=O)N(Cc2cccnc2)CC2CCCO2)[nH]c(C(C)=O)c1C. The van der Waals surface area contributed by atoms with Crippen LogP contribution in [-0.4, -0.2) is 58.9 Å². The zero-order chi connectivity index (χ0) is 21.7. The molecule has 1 atom stereocenters. The van der Waals surface area contributed by atoms with Gasteiger partial charge in [-0.25, -0.2) is 4.79 Å². The smallest absolute Gasteiger partial charge is 0.339 e. The minimum atomic E-state index is -0.572. The van der Waals surface area contributed by atoms with E-state index in [1.807, 2.05) is 12.1 Å². The number of nitrogens with zero attached hydrogens (tertiary/aromatic N) is 2. The van der Waals surface area contributed by atoms with E-state index in [1.54, 1.807) is 24.2 Å². The number of hydrogen-bond donors (Lipinski definition) is 1. The van der Waals surface area contributed by atoms with Gasteiger partial charge in [0.05, 0.1) is 30.9 Å². The number of Topliss-reactive ketones (excluding diaryl/α,β-unsaturated/α-hetero) is 1. The maximum atomic E-state index is 13.3. The average molecular weight is 413 g/mol. The van der Waals surface area contributed by atoms with Crippen molar-refractivity contribution in [3.63, 3.8) is 0 Å². The third-order valence-corrected chi connectivity index (χ3v) is 5.29. The molecule has 1 amide bonds. The highest BCUT2D eigenvalue weighted by Crippen LogP contribution is 2.22. The fourth-order valence-electron chi connectivity index (χ4n) is 3.79. The van der Waals surface area contributed by atoms with Crippen molar-refractivity contribution in [3.8, 4) is 0 Å². The molecular formula is C22H27N3O5. The molecule has 8 nitrogen and oxygen atoms in total. The van der Waals surface area contributed by atoms with Gasteiger partial charge in [0.15, 0.2) is 5.78 Å². The minimum Gasteiger partial charge on any atom is -0.465 e. The number of nitrogens with one attached hydrogen (secondary N) is 1. The number of aromatic amines is 1. The molecule has 0 aromatic carbocycles. The number of rotatable bonds is 8. The Balaban J connectivity index is 1.86. The van der Waals surface area contributed by atoms with Crippen LogP contribution in [0.2, 0.25) is 0 Å². The number of amides is 1. The number of hydrogen-bond acceptors (Lipinski definition) is 6. The number of ketones is 1. The first-order valence-corrected chi connectivity index (χ1v) is 9.99. The van der Waals surface area contributed by atoms with Crippen molar-refractivity contribution in [1.82, 2.24) is 14.9 Å². The second kappa shape index (κ2) is 9.67. The largest absolute Gasteiger partial charge is 0.465 e. The molecule has 1 unspecified atom stereocenters. The molecule has 30 heavy (non-hydrogen) atoms. The van der Waals surface area contributed by atoms with Crippen molar-refractivity contribution in [2.24, 2.45) is 0 Å². The van der Waals surface area contributed by atoms with Gasteiger partial charge in [0, 0.05) is 44.7 Å². The Morgan fingerprint density at radius 2 is 2.17 bits per heavy atom. The van der Waals surface area contributed by atoms with Gasteiger partial charge >= 0.3 is 5.97 Å². The van der Waals surface area contributed by atoms with Gasteiger partial charge in [-0.15, -0.1) is 0 Å². The molecule has 2 aromatic heterocycles. The van der Waals surface area contributed by atoms with E-state index < -0.39 is 5.97 Å². The summed E-state index contributed by atoms with van der Waals surface area (Å²) in [4.78, 5) is 46.3. The van der Waals surface area contributed by atoms with E-state index in [2.05, 4.69) is 9.97 Å². The molecule has 1 fully saturated rings. The minimum absolute atomic E-state index is 0.0103. The lowest BCUT2D eigenvalue weighted by molar-refractivity contribution is -0.132. The first kappa shape index (κ1) is 21.7. The van der Waals surface area contributed by atoms with E-state index in [4.69, 9.17) is 9.47 Å². The Bertz CT molecular complexity index is 916. The Hall–Kier alpha value is -3.00. The Labute approximate surface area is 175 Å². The van der Waals surface area contributed by atoms with Gasteiger partial charge in [0.1, 0.15) is 0 Å². The number of pyridine rings is 1. The molecule has 8 heteroatoms. The highest BCUT2D eigenvalue weighted by molar-refractivity contribution is 6.01. The molecule has 3 rings (SSSR count). The molecule has 3 heterocycles. The topological polar surface area (TPSA) is 102 Å². The zero-order valence-corrected chi connectivity index (χ0v) is 17.6. The van der Waals surface area contributed by atoms with Gasteiger partial charge in [-0.2, -0.15) is 0 Å². The molecule has 1 N–H and O–H groups in total. The quantitative estimate of drug-likeness (QED) is 0.527. The molecular weight excluding hydrogens is 386 g/mol. The molecule has 0 spiro atoms. The maximum Gasteiger partial charge on any atom is 0.339 e. The highest BCUT2D eigenvalue weighted by Gasteiger charge is 2.28. The summed E-state index contributed by atoms with van der Waals surface area (Å²) in [6.07, 6.45) is 5.23. The molecule has 1 aliphatic heterocycles. The van der Waals surface area contributed by atoms with Crippen molar-refractivity contribution in [3.05, 3.63) is 52.6 Å². The lowest BCUT2D eigenvalue weighted by Gasteiger charge is -2.25. The van der Waals surface area contributed by atoms with Gasteiger partial charge in [-0.3, -0.25) is 14.6 Å². The monoisotopic (exact) mass is 413 g/mol. The van der Waals surface area contributed by atoms with Crippen LogP contribution in [0.3, 0.4) is 0 Å². The van der Waals surface area contributed by atoms with Crippen molar-refractivity contribution in [2.75, 3.05) is 20.3 Å². The van der Waals surface area contributed by atoms with Crippen molar-refractivity contribution in [1.29, 1.82) is 0 Å². The third-order valence-electron chi connectivity index (χ3n) is 5.29. The summed E-state index contributed by atoms with van der Waals surface area (Å²) in [5, 5.41) is 0. The van der Waals surface area contributed by atoms with Crippen LogP contribution in [0, 0.1) is 6.92 Å². The lowest BCUT2D eigenvalue weighted by Crippen LogP contribution is -2.38. The third kappa shape index (κ3) is 4.94. The Kier molecular flexibility index (Phi) is 6.99. The summed E-state index contributed by atoms with van der Waals surface area (Å²) in [6.45, 7) is 4.63. The van der Waals surface area contributed by atoms with Crippen LogP contribution in [-0.2, 0) is 27.2 Å². The van der Waals surface area contributed by atoms with Crippen LogP contribution in [0.15, 0.2) is 24.5 Å². The maximum absolute atomic E-state index is 13.3. The first-order valence-electron chi connectivity index (χ1n) is 9.99. The summed E-state index contributed by atoms with van der Waals surface area (Å²) in [6, 6.07) is 3.74. The van der Waals surface area contributed by atoms with Gasteiger partial charge in [0.2, 0.25) is 5.91 Å². The predicted octanol–water partition coefficient (Wildman–Crippen LogP) is 2.46. The lowest BCUT2D eigenvalue weighted by atomic mass is 10.1. The predicted molar refractivity (Wildman–Crippen MR) is 109 cm³/mol. The number of aromatic nitrogens is 2. The van der Waals surface area contributed by atoms with Gasteiger partial charge < -0.3 is 19.4 Å². The van der Waals surface area contributed by atoms with Crippen LogP contribution < -0.4 is 0 Å². The van der Waals surface area contributed by atoms with Gasteiger partial charge in [-0.05, 0) is 37.0 Å². The van der Waals surface area contributed by atoms with Crippen LogP contribution in [0.25, 0.3) is 0 Å². The molecule has 160 valence electrons. The van der Waals surface area contributed by atoms with Gasteiger partial charge in [0.25, 0.3) is 0 Å². The molecule has 1 saturated heterocycles. The zero-order valence-electron chi connectivity index (χ0n) is 17.6. The standard InChI is InChI=1S/C22H27N3O5/c1-14-20(22(28)29-3)18(24-21(14)15(2)26)10-19(27)25(13-17-7-5-9-30-17)12-16-6-4-8-23-11-16/h4,6,8,11,17,24H,5,7,9-10,12-13H2,1-3H3. The fraction of sp³-hybridized carbons (Fsp3) is 0.455. The average Bonchev–Trinajstić information content (AvgIpc) is 3.35. The first-order chi connectivity index (χ1) is 14.4. The van der Waals surface area contributed by atoms with E-state index in [1.165, 1.54) is 14.0 Å². The van der Waals surface area contributed by atoms with Crippen molar-refractivity contribution >= 4 is 17.7 Å². The summed E-state index contributed by atoms with van der Waals surface area (Å²) in [5.74, 6) is -0.948. The number of carbonyl (C=O) groups excluding carboxylic acids is 3. The number of H-pyrrole nitrogens is 1. The molecule has 0 radical (unpaired) electrons. The van der Waals surface area contributed by atoms with E-state index in [-0.39, 0.29) is 29.8 Å². The molecule has 2 aromatic rings. The van der Waals surface area contributed by atoms with Crippen molar-refractivity contribution in [2.45, 2.75) is 45.8 Å². The Morgan fingerprint density at radius 1 is 1.37 bits per heavy atom. The van der Waals surface area contributed by atoms with Crippen molar-refractivity contribution < 1.29 is 23.9 Å². The second-order valence-electron chi connectivity index (χ2n) is 7.47. The normalized spacial score (nSPS) is 15.8. The van der Waals surface area contributed by atoms with Crippen LogP contribution >= 0.6 is 0 Å². The number of ether oxygens (including phenoxy) is 2. The molecule has 0 bridgehead atoms. The highest BCUT2D eigenvalue weighted by atomic mass is 16.5. The summed E-state index contributed by atoms with van der Waals surface area (Å²) < 4.78 is 10.6. The van der Waals surface area contributed by atoms with Gasteiger partial charge in [-0.1, -0.05) is 6.07 Å². The molecule has 1 aliphatic rings. The second-order valence-corrected chi connectivity index (χ2v) is 7.47.